The van der Waals surface area contributed by atoms with Crippen LogP contribution >= 0.6 is 0 Å². The standard InChI is InChI=1S/C11H22N2O/c1-5-11(6-2,7-8-12)13-10(14)9(3)4/h3,5-8,12H2,1-2,4H3,(H,13,14). The summed E-state index contributed by atoms with van der Waals surface area (Å²) in [6.07, 6.45) is 2.62. The first kappa shape index (κ1) is 13.2. The lowest BCUT2D eigenvalue weighted by molar-refractivity contribution is -0.119. The highest BCUT2D eigenvalue weighted by molar-refractivity contribution is 5.92. The lowest BCUT2D eigenvalue weighted by atomic mass is 9.88. The molecule has 3 nitrogen and oxygen atoms in total. The van der Waals surface area contributed by atoms with Crippen molar-refractivity contribution in [3.05, 3.63) is 12.2 Å². The van der Waals surface area contributed by atoms with Gasteiger partial charge in [0.1, 0.15) is 0 Å². The van der Waals surface area contributed by atoms with E-state index in [0.29, 0.717) is 12.1 Å². The average Bonchev–Trinajstić information content (AvgIpc) is 2.16. The molecule has 0 aliphatic heterocycles. The topological polar surface area (TPSA) is 55.1 Å². The molecule has 3 heteroatoms. The summed E-state index contributed by atoms with van der Waals surface area (Å²) < 4.78 is 0. The van der Waals surface area contributed by atoms with E-state index in [1.54, 1.807) is 6.92 Å². The molecule has 0 aromatic carbocycles. The van der Waals surface area contributed by atoms with Gasteiger partial charge in [0.15, 0.2) is 0 Å². The molecule has 0 radical (unpaired) electrons. The minimum Gasteiger partial charge on any atom is -0.347 e. The van der Waals surface area contributed by atoms with Crippen molar-refractivity contribution >= 4 is 5.91 Å². The molecule has 0 aliphatic rings. The van der Waals surface area contributed by atoms with Crippen LogP contribution in [-0.4, -0.2) is 18.0 Å². The molecule has 0 rings (SSSR count). The molecule has 0 aromatic heterocycles. The third-order valence-corrected chi connectivity index (χ3v) is 2.74. The van der Waals surface area contributed by atoms with Crippen LogP contribution in [0.15, 0.2) is 12.2 Å². The van der Waals surface area contributed by atoms with Crippen molar-refractivity contribution in [3.63, 3.8) is 0 Å². The molecule has 14 heavy (non-hydrogen) atoms. The molecular formula is C11H22N2O. The number of nitrogens with two attached hydrogens (primary N) is 1. The van der Waals surface area contributed by atoms with E-state index in [9.17, 15) is 4.79 Å². The Morgan fingerprint density at radius 3 is 2.21 bits per heavy atom. The van der Waals surface area contributed by atoms with E-state index in [0.717, 1.165) is 19.3 Å². The van der Waals surface area contributed by atoms with Gasteiger partial charge in [-0.25, -0.2) is 0 Å². The largest absolute Gasteiger partial charge is 0.347 e. The highest BCUT2D eigenvalue weighted by Crippen LogP contribution is 2.19. The molecule has 0 unspecified atom stereocenters. The van der Waals surface area contributed by atoms with Gasteiger partial charge >= 0.3 is 0 Å². The minimum absolute atomic E-state index is 0.0675. The van der Waals surface area contributed by atoms with Crippen LogP contribution in [-0.2, 0) is 4.79 Å². The van der Waals surface area contributed by atoms with E-state index in [1.165, 1.54) is 0 Å². The van der Waals surface area contributed by atoms with Gasteiger partial charge in [0, 0.05) is 11.1 Å². The first-order chi connectivity index (χ1) is 6.51. The monoisotopic (exact) mass is 198 g/mol. The van der Waals surface area contributed by atoms with Crippen LogP contribution in [0.25, 0.3) is 0 Å². The van der Waals surface area contributed by atoms with Crippen molar-refractivity contribution in [2.24, 2.45) is 5.73 Å². The van der Waals surface area contributed by atoms with Crippen LogP contribution in [0.2, 0.25) is 0 Å². The number of nitrogens with one attached hydrogen (secondary N) is 1. The Hall–Kier alpha value is -0.830. The third-order valence-electron chi connectivity index (χ3n) is 2.74. The fourth-order valence-corrected chi connectivity index (χ4v) is 1.47. The number of amides is 1. The average molecular weight is 198 g/mol. The molecule has 0 saturated carbocycles. The zero-order valence-corrected chi connectivity index (χ0v) is 9.52. The van der Waals surface area contributed by atoms with Gasteiger partial charge in [-0.15, -0.1) is 0 Å². The van der Waals surface area contributed by atoms with Crippen LogP contribution in [0, 0.1) is 0 Å². The van der Waals surface area contributed by atoms with E-state index in [4.69, 9.17) is 5.73 Å². The van der Waals surface area contributed by atoms with E-state index < -0.39 is 0 Å². The van der Waals surface area contributed by atoms with Crippen molar-refractivity contribution in [2.45, 2.75) is 45.6 Å². The maximum absolute atomic E-state index is 11.5. The molecule has 0 heterocycles. The van der Waals surface area contributed by atoms with Crippen molar-refractivity contribution in [2.75, 3.05) is 6.54 Å². The van der Waals surface area contributed by atoms with Crippen LogP contribution in [0.5, 0.6) is 0 Å². The number of hydrogen-bond acceptors (Lipinski definition) is 2. The quantitative estimate of drug-likeness (QED) is 0.637. The van der Waals surface area contributed by atoms with E-state index in [2.05, 4.69) is 25.7 Å². The Labute approximate surface area is 86.8 Å². The zero-order valence-electron chi connectivity index (χ0n) is 9.52. The van der Waals surface area contributed by atoms with Gasteiger partial charge < -0.3 is 11.1 Å². The number of carbonyl (C=O) groups excluding carboxylic acids is 1. The van der Waals surface area contributed by atoms with Gasteiger partial charge in [0.05, 0.1) is 0 Å². The molecule has 1 amide bonds. The SMILES string of the molecule is C=C(C)C(=O)NC(CC)(CC)CCN. The second kappa shape index (κ2) is 5.81. The Morgan fingerprint density at radius 1 is 1.43 bits per heavy atom. The summed E-state index contributed by atoms with van der Waals surface area (Å²) in [7, 11) is 0. The minimum atomic E-state index is -0.148. The fourth-order valence-electron chi connectivity index (χ4n) is 1.47. The lowest BCUT2D eigenvalue weighted by Crippen LogP contribution is -2.49. The number of hydrogen-bond donors (Lipinski definition) is 2. The van der Waals surface area contributed by atoms with Crippen molar-refractivity contribution < 1.29 is 4.79 Å². The molecule has 3 N–H and O–H groups in total. The van der Waals surface area contributed by atoms with Crippen LogP contribution in [0.4, 0.5) is 0 Å². The smallest absolute Gasteiger partial charge is 0.246 e. The van der Waals surface area contributed by atoms with Crippen LogP contribution in [0.1, 0.15) is 40.0 Å². The summed E-state index contributed by atoms with van der Waals surface area (Å²) in [4.78, 5) is 11.5. The van der Waals surface area contributed by atoms with Crippen LogP contribution in [0.3, 0.4) is 0 Å². The first-order valence-corrected chi connectivity index (χ1v) is 5.19. The summed E-state index contributed by atoms with van der Waals surface area (Å²) in [6.45, 7) is 10.1. The maximum atomic E-state index is 11.5. The summed E-state index contributed by atoms with van der Waals surface area (Å²) in [5.74, 6) is -0.0675. The first-order valence-electron chi connectivity index (χ1n) is 5.19. The van der Waals surface area contributed by atoms with Gasteiger partial charge in [-0.1, -0.05) is 20.4 Å². The summed E-state index contributed by atoms with van der Waals surface area (Å²) in [5, 5.41) is 3.01. The molecule has 0 atom stereocenters. The summed E-state index contributed by atoms with van der Waals surface area (Å²) >= 11 is 0. The fraction of sp³-hybridized carbons (Fsp3) is 0.727. The maximum Gasteiger partial charge on any atom is 0.246 e. The highest BCUT2D eigenvalue weighted by Gasteiger charge is 2.26. The molecule has 0 aromatic rings. The predicted octanol–water partition coefficient (Wildman–Crippen LogP) is 1.59. The van der Waals surface area contributed by atoms with E-state index in [-0.39, 0.29) is 11.4 Å². The highest BCUT2D eigenvalue weighted by atomic mass is 16.1. The van der Waals surface area contributed by atoms with Gasteiger partial charge in [-0.05, 0) is 32.7 Å². The molecule has 0 aliphatic carbocycles. The van der Waals surface area contributed by atoms with Crippen molar-refractivity contribution in [3.8, 4) is 0 Å². The second-order valence-electron chi connectivity index (χ2n) is 3.76. The van der Waals surface area contributed by atoms with Gasteiger partial charge in [-0.2, -0.15) is 0 Å². The van der Waals surface area contributed by atoms with E-state index in [1.807, 2.05) is 0 Å². The van der Waals surface area contributed by atoms with E-state index >= 15 is 0 Å². The molecule has 82 valence electrons. The predicted molar refractivity (Wildman–Crippen MR) is 59.9 cm³/mol. The third kappa shape index (κ3) is 3.50. The molecule has 0 spiro atoms. The second-order valence-corrected chi connectivity index (χ2v) is 3.76. The lowest BCUT2D eigenvalue weighted by Gasteiger charge is -2.32. The van der Waals surface area contributed by atoms with Gasteiger partial charge in [0.2, 0.25) is 5.91 Å². The van der Waals surface area contributed by atoms with Gasteiger partial charge in [0.25, 0.3) is 0 Å². The summed E-state index contributed by atoms with van der Waals surface area (Å²) in [6, 6.07) is 0. The Balaban J connectivity index is 4.49. The normalized spacial score (nSPS) is 11.1. The Morgan fingerprint density at radius 2 is 1.93 bits per heavy atom. The Kier molecular flexibility index (Phi) is 5.46. The van der Waals surface area contributed by atoms with Crippen molar-refractivity contribution in [1.82, 2.24) is 5.32 Å². The molecule has 0 fully saturated rings. The number of carbonyl (C=O) groups is 1. The molecule has 0 bridgehead atoms. The van der Waals surface area contributed by atoms with Crippen LogP contribution < -0.4 is 11.1 Å². The summed E-state index contributed by atoms with van der Waals surface area (Å²) in [5.41, 5.74) is 5.95. The van der Waals surface area contributed by atoms with Crippen molar-refractivity contribution in [1.29, 1.82) is 0 Å². The molecule has 0 saturated heterocycles. The molecular weight excluding hydrogens is 176 g/mol. The number of rotatable bonds is 6. The zero-order chi connectivity index (χ0) is 11.2. The Bertz CT molecular complexity index is 207. The van der Waals surface area contributed by atoms with Gasteiger partial charge in [-0.3, -0.25) is 4.79 Å².